The van der Waals surface area contributed by atoms with Crippen LogP contribution in [0.25, 0.3) is 0 Å². The van der Waals surface area contributed by atoms with Gasteiger partial charge in [0.25, 0.3) is 0 Å². The summed E-state index contributed by atoms with van der Waals surface area (Å²) in [6, 6.07) is 9.91. The zero-order valence-corrected chi connectivity index (χ0v) is 11.9. The molecule has 0 spiro atoms. The van der Waals surface area contributed by atoms with E-state index in [2.05, 4.69) is 15.0 Å². The highest BCUT2D eigenvalue weighted by Crippen LogP contribution is 2.19. The van der Waals surface area contributed by atoms with E-state index in [1.807, 2.05) is 0 Å². The number of methoxy groups -OCH3 is 1. The lowest BCUT2D eigenvalue weighted by molar-refractivity contribution is -0.0500. The average Bonchev–Trinajstić information content (AvgIpc) is 2.53. The van der Waals surface area contributed by atoms with Gasteiger partial charge >= 0.3 is 6.61 Å². The fourth-order valence-electron chi connectivity index (χ4n) is 1.80. The highest BCUT2D eigenvalue weighted by atomic mass is 19.3. The van der Waals surface area contributed by atoms with E-state index in [-0.39, 0.29) is 12.3 Å². The van der Waals surface area contributed by atoms with E-state index in [0.717, 1.165) is 5.56 Å². The molecule has 0 unspecified atom stereocenters. The summed E-state index contributed by atoms with van der Waals surface area (Å²) in [5.74, 6) is 1.14. The van der Waals surface area contributed by atoms with Crippen LogP contribution in [0, 0.1) is 0 Å². The molecule has 22 heavy (non-hydrogen) atoms. The summed E-state index contributed by atoms with van der Waals surface area (Å²) in [5.41, 5.74) is 0.728. The molecule has 7 heteroatoms. The van der Waals surface area contributed by atoms with E-state index in [4.69, 9.17) is 4.74 Å². The van der Waals surface area contributed by atoms with Crippen molar-refractivity contribution in [3.63, 3.8) is 0 Å². The molecule has 2 rings (SSSR count). The van der Waals surface area contributed by atoms with Gasteiger partial charge < -0.3 is 19.9 Å². The quantitative estimate of drug-likeness (QED) is 0.823. The van der Waals surface area contributed by atoms with Crippen molar-refractivity contribution in [2.75, 3.05) is 19.0 Å². The van der Waals surface area contributed by atoms with Gasteiger partial charge in [0.2, 0.25) is 0 Å². The molecule has 1 aromatic heterocycles. The lowest BCUT2D eigenvalue weighted by atomic mass is 10.1. The van der Waals surface area contributed by atoms with Crippen molar-refractivity contribution in [3.05, 3.63) is 48.2 Å². The molecule has 118 valence electrons. The predicted molar refractivity (Wildman–Crippen MR) is 77.3 cm³/mol. The Labute approximate surface area is 126 Å². The molecule has 0 amide bonds. The number of hydrogen-bond acceptors (Lipinski definition) is 5. The van der Waals surface area contributed by atoms with E-state index < -0.39 is 12.7 Å². The van der Waals surface area contributed by atoms with Crippen molar-refractivity contribution < 1.29 is 23.4 Å². The van der Waals surface area contributed by atoms with Crippen molar-refractivity contribution >= 4 is 5.82 Å². The zero-order valence-electron chi connectivity index (χ0n) is 11.9. The second-order valence-electron chi connectivity index (χ2n) is 4.43. The second-order valence-corrected chi connectivity index (χ2v) is 4.43. The zero-order chi connectivity index (χ0) is 15.9. The lowest BCUT2D eigenvalue weighted by Gasteiger charge is -2.13. The minimum Gasteiger partial charge on any atom is -0.497 e. The number of halogens is 2. The molecule has 1 aromatic carbocycles. The maximum atomic E-state index is 12.0. The summed E-state index contributed by atoms with van der Waals surface area (Å²) >= 11 is 0. The fourth-order valence-corrected chi connectivity index (χ4v) is 1.80. The molecule has 0 aliphatic rings. The Balaban J connectivity index is 1.88. The summed E-state index contributed by atoms with van der Waals surface area (Å²) in [6.07, 6.45) is 0.457. The number of ether oxygens (including phenoxy) is 2. The molecule has 0 aliphatic heterocycles. The molecule has 1 atom stereocenters. The third-order valence-electron chi connectivity index (χ3n) is 2.94. The normalized spacial score (nSPS) is 12.0. The number of anilines is 1. The van der Waals surface area contributed by atoms with Crippen molar-refractivity contribution in [2.45, 2.75) is 12.7 Å². The number of aliphatic hydroxyl groups is 1. The summed E-state index contributed by atoms with van der Waals surface area (Å²) in [7, 11) is 1.57. The fraction of sp³-hybridized carbons (Fsp3) is 0.267. The van der Waals surface area contributed by atoms with E-state index in [0.29, 0.717) is 11.6 Å². The summed E-state index contributed by atoms with van der Waals surface area (Å²) in [6.45, 7) is -2.65. The minimum atomic E-state index is -2.88. The van der Waals surface area contributed by atoms with E-state index >= 15 is 0 Å². The molecule has 0 saturated carbocycles. The van der Waals surface area contributed by atoms with E-state index in [1.54, 1.807) is 31.4 Å². The van der Waals surface area contributed by atoms with Crippen LogP contribution in [0.2, 0.25) is 0 Å². The Morgan fingerprint density at radius 1 is 1.14 bits per heavy atom. The van der Waals surface area contributed by atoms with Crippen LogP contribution in [0.1, 0.15) is 11.7 Å². The molecule has 0 radical (unpaired) electrons. The molecule has 1 heterocycles. The molecule has 5 nitrogen and oxygen atoms in total. The topological polar surface area (TPSA) is 63.6 Å². The number of nitrogens with one attached hydrogen (secondary N) is 1. The molecule has 0 aliphatic carbocycles. The lowest BCUT2D eigenvalue weighted by Crippen LogP contribution is -2.13. The van der Waals surface area contributed by atoms with Gasteiger partial charge in [0.1, 0.15) is 17.3 Å². The largest absolute Gasteiger partial charge is 0.497 e. The number of pyridine rings is 1. The number of hydrogen-bond donors (Lipinski definition) is 2. The van der Waals surface area contributed by atoms with Gasteiger partial charge in [0.05, 0.1) is 19.4 Å². The molecule has 0 bridgehead atoms. The number of alkyl halides is 2. The first kappa shape index (κ1) is 16.0. The number of rotatable bonds is 7. The van der Waals surface area contributed by atoms with Gasteiger partial charge in [-0.25, -0.2) is 4.98 Å². The Kier molecular flexibility index (Phi) is 5.48. The number of benzene rings is 1. The van der Waals surface area contributed by atoms with Crippen molar-refractivity contribution in [3.8, 4) is 11.5 Å². The SMILES string of the molecule is COc1ccc([C@@H](O)CNc2ccc(OC(F)F)cn2)cc1. The molecular formula is C15H16F2N2O3. The van der Waals surface area contributed by atoms with Crippen molar-refractivity contribution in [1.29, 1.82) is 0 Å². The first-order chi connectivity index (χ1) is 10.6. The smallest absolute Gasteiger partial charge is 0.387 e. The van der Waals surface area contributed by atoms with Crippen LogP contribution in [0.15, 0.2) is 42.6 Å². The molecule has 0 saturated heterocycles. The van der Waals surface area contributed by atoms with Crippen LogP contribution in [0.4, 0.5) is 14.6 Å². The predicted octanol–water partition coefficient (Wildman–Crippen LogP) is 2.84. The van der Waals surface area contributed by atoms with Crippen LogP contribution in [-0.4, -0.2) is 30.4 Å². The highest BCUT2D eigenvalue weighted by Gasteiger charge is 2.08. The van der Waals surface area contributed by atoms with Gasteiger partial charge in [0, 0.05) is 6.54 Å². The summed E-state index contributed by atoms with van der Waals surface area (Å²) in [4.78, 5) is 3.92. The van der Waals surface area contributed by atoms with E-state index in [1.165, 1.54) is 18.3 Å². The number of nitrogens with zero attached hydrogens (tertiary/aromatic N) is 1. The van der Waals surface area contributed by atoms with Crippen LogP contribution >= 0.6 is 0 Å². The maximum absolute atomic E-state index is 12.0. The van der Waals surface area contributed by atoms with Crippen LogP contribution in [0.5, 0.6) is 11.5 Å². The third-order valence-corrected chi connectivity index (χ3v) is 2.94. The Bertz CT molecular complexity index is 576. The van der Waals surface area contributed by atoms with Crippen LogP contribution in [0.3, 0.4) is 0 Å². The standard InChI is InChI=1S/C15H16F2N2O3/c1-21-11-4-2-10(3-5-11)13(20)9-19-14-7-6-12(8-18-14)22-15(16)17/h2-8,13,15,20H,9H2,1H3,(H,18,19)/t13-/m0/s1. The van der Waals surface area contributed by atoms with Gasteiger partial charge in [-0.15, -0.1) is 0 Å². The van der Waals surface area contributed by atoms with Crippen molar-refractivity contribution in [1.82, 2.24) is 4.98 Å². The minimum absolute atomic E-state index is 0.0174. The Hall–Kier alpha value is -2.41. The maximum Gasteiger partial charge on any atom is 0.387 e. The molecule has 2 N–H and O–H groups in total. The van der Waals surface area contributed by atoms with Gasteiger partial charge in [-0.1, -0.05) is 12.1 Å². The molecule has 0 fully saturated rings. The summed E-state index contributed by atoms with van der Waals surface area (Å²) < 4.78 is 33.3. The van der Waals surface area contributed by atoms with Gasteiger partial charge in [-0.05, 0) is 29.8 Å². The number of aromatic nitrogens is 1. The molecule has 2 aromatic rings. The first-order valence-electron chi connectivity index (χ1n) is 6.55. The average molecular weight is 310 g/mol. The van der Waals surface area contributed by atoms with Crippen molar-refractivity contribution in [2.24, 2.45) is 0 Å². The van der Waals surface area contributed by atoms with E-state index in [9.17, 15) is 13.9 Å². The molecular weight excluding hydrogens is 294 g/mol. The van der Waals surface area contributed by atoms with Gasteiger partial charge in [0.15, 0.2) is 0 Å². The summed E-state index contributed by atoms with van der Waals surface area (Å²) in [5, 5.41) is 13.0. The first-order valence-corrected chi connectivity index (χ1v) is 6.55. The number of aliphatic hydroxyl groups excluding tert-OH is 1. The van der Waals surface area contributed by atoms with Gasteiger partial charge in [-0.2, -0.15) is 8.78 Å². The monoisotopic (exact) mass is 310 g/mol. The van der Waals surface area contributed by atoms with Gasteiger partial charge in [-0.3, -0.25) is 0 Å². The van der Waals surface area contributed by atoms with Crippen LogP contribution < -0.4 is 14.8 Å². The van der Waals surface area contributed by atoms with Crippen LogP contribution in [-0.2, 0) is 0 Å². The second kappa shape index (κ2) is 7.56. The Morgan fingerprint density at radius 2 is 1.82 bits per heavy atom. The highest BCUT2D eigenvalue weighted by molar-refractivity contribution is 5.38. The Morgan fingerprint density at radius 3 is 2.36 bits per heavy atom. The third kappa shape index (κ3) is 4.56.